The molecule has 0 saturated carbocycles. The van der Waals surface area contributed by atoms with Gasteiger partial charge < -0.3 is 9.73 Å². The molecule has 0 aliphatic rings. The Hall–Kier alpha value is -0.770. The van der Waals surface area contributed by atoms with E-state index < -0.39 is 0 Å². The van der Waals surface area contributed by atoms with Crippen molar-refractivity contribution in [2.75, 3.05) is 6.54 Å². The molecule has 1 rings (SSSR count). The second-order valence-electron chi connectivity index (χ2n) is 2.92. The first-order valence-corrected chi connectivity index (χ1v) is 4.99. The largest absolute Gasteiger partial charge is 0.459 e. The van der Waals surface area contributed by atoms with Gasteiger partial charge in [-0.2, -0.15) is 0 Å². The lowest BCUT2D eigenvalue weighted by atomic mass is 10.2. The SMILES string of the molecule is Cc1ccoc1C(=O)NCC(C)Br. The summed E-state index contributed by atoms with van der Waals surface area (Å²) in [6, 6.07) is 1.77. The van der Waals surface area contributed by atoms with E-state index in [1.54, 1.807) is 6.07 Å². The number of amides is 1. The Kier molecular flexibility index (Phi) is 3.54. The van der Waals surface area contributed by atoms with E-state index in [-0.39, 0.29) is 10.7 Å². The molecule has 0 aliphatic carbocycles. The monoisotopic (exact) mass is 245 g/mol. The van der Waals surface area contributed by atoms with Gasteiger partial charge in [0.15, 0.2) is 5.76 Å². The summed E-state index contributed by atoms with van der Waals surface area (Å²) in [6.45, 7) is 4.41. The highest BCUT2D eigenvalue weighted by Gasteiger charge is 2.11. The van der Waals surface area contributed by atoms with Crippen molar-refractivity contribution in [1.29, 1.82) is 0 Å². The summed E-state index contributed by atoms with van der Waals surface area (Å²) in [4.78, 5) is 11.7. The minimum absolute atomic E-state index is 0.159. The fourth-order valence-corrected chi connectivity index (χ4v) is 1.08. The van der Waals surface area contributed by atoms with E-state index in [1.165, 1.54) is 6.26 Å². The number of alkyl halides is 1. The fourth-order valence-electron chi connectivity index (χ4n) is 0.919. The van der Waals surface area contributed by atoms with Gasteiger partial charge in [-0.3, -0.25) is 4.79 Å². The minimum atomic E-state index is -0.159. The Balaban J connectivity index is 2.54. The van der Waals surface area contributed by atoms with Crippen molar-refractivity contribution in [3.05, 3.63) is 23.7 Å². The molecule has 0 aromatic carbocycles. The van der Waals surface area contributed by atoms with Crippen molar-refractivity contribution in [3.8, 4) is 0 Å². The van der Waals surface area contributed by atoms with Gasteiger partial charge in [0, 0.05) is 16.9 Å². The molecule has 1 aromatic heterocycles. The molecular formula is C9H12BrNO2. The van der Waals surface area contributed by atoms with E-state index in [0.29, 0.717) is 12.3 Å². The first-order valence-electron chi connectivity index (χ1n) is 4.07. The molecule has 1 aromatic rings. The lowest BCUT2D eigenvalue weighted by Gasteiger charge is -2.04. The summed E-state index contributed by atoms with van der Waals surface area (Å²) in [5, 5.41) is 2.75. The van der Waals surface area contributed by atoms with E-state index in [1.807, 2.05) is 13.8 Å². The van der Waals surface area contributed by atoms with Gasteiger partial charge in [-0.25, -0.2) is 0 Å². The Bertz CT molecular complexity index is 294. The topological polar surface area (TPSA) is 42.2 Å². The zero-order chi connectivity index (χ0) is 9.84. The number of furan rings is 1. The maximum atomic E-state index is 11.4. The molecule has 0 aliphatic heterocycles. The molecule has 4 heteroatoms. The molecule has 1 unspecified atom stereocenters. The molecule has 0 bridgehead atoms. The zero-order valence-corrected chi connectivity index (χ0v) is 9.22. The summed E-state index contributed by atoms with van der Waals surface area (Å²) in [5.74, 6) is 0.238. The molecule has 1 N–H and O–H groups in total. The number of carbonyl (C=O) groups excluding carboxylic acids is 1. The Morgan fingerprint density at radius 1 is 1.77 bits per heavy atom. The smallest absolute Gasteiger partial charge is 0.287 e. The van der Waals surface area contributed by atoms with Gasteiger partial charge in [-0.15, -0.1) is 0 Å². The number of rotatable bonds is 3. The van der Waals surface area contributed by atoms with E-state index in [0.717, 1.165) is 5.56 Å². The standard InChI is InChI=1S/C9H12BrNO2/c1-6-3-4-13-8(6)9(12)11-5-7(2)10/h3-4,7H,5H2,1-2H3,(H,11,12). The number of hydrogen-bond acceptors (Lipinski definition) is 2. The van der Waals surface area contributed by atoms with Gasteiger partial charge in [0.1, 0.15) is 0 Å². The highest BCUT2D eigenvalue weighted by atomic mass is 79.9. The molecule has 13 heavy (non-hydrogen) atoms. The van der Waals surface area contributed by atoms with Crippen LogP contribution in [0.3, 0.4) is 0 Å². The summed E-state index contributed by atoms with van der Waals surface area (Å²) < 4.78 is 5.03. The van der Waals surface area contributed by atoms with Crippen molar-refractivity contribution in [3.63, 3.8) is 0 Å². The summed E-state index contributed by atoms with van der Waals surface area (Å²) >= 11 is 3.34. The molecule has 1 amide bonds. The van der Waals surface area contributed by atoms with Crippen LogP contribution in [0.2, 0.25) is 0 Å². The van der Waals surface area contributed by atoms with E-state index >= 15 is 0 Å². The molecule has 0 fully saturated rings. The quantitative estimate of drug-likeness (QED) is 0.830. The van der Waals surface area contributed by atoms with Crippen molar-refractivity contribution in [2.45, 2.75) is 18.7 Å². The van der Waals surface area contributed by atoms with Crippen molar-refractivity contribution in [2.24, 2.45) is 0 Å². The minimum Gasteiger partial charge on any atom is -0.459 e. The molecule has 0 radical (unpaired) electrons. The highest BCUT2D eigenvalue weighted by Crippen LogP contribution is 2.08. The van der Waals surface area contributed by atoms with Gasteiger partial charge in [0.05, 0.1) is 6.26 Å². The average Bonchev–Trinajstić information content (AvgIpc) is 2.47. The van der Waals surface area contributed by atoms with E-state index in [4.69, 9.17) is 4.42 Å². The highest BCUT2D eigenvalue weighted by molar-refractivity contribution is 9.09. The lowest BCUT2D eigenvalue weighted by molar-refractivity contribution is 0.0926. The van der Waals surface area contributed by atoms with Crippen LogP contribution in [0.1, 0.15) is 23.0 Å². The van der Waals surface area contributed by atoms with Crippen LogP contribution in [-0.2, 0) is 0 Å². The van der Waals surface area contributed by atoms with Crippen LogP contribution in [0.25, 0.3) is 0 Å². The third-order valence-electron chi connectivity index (χ3n) is 1.61. The molecular weight excluding hydrogens is 234 g/mol. The molecule has 3 nitrogen and oxygen atoms in total. The number of halogens is 1. The average molecular weight is 246 g/mol. The third kappa shape index (κ3) is 2.88. The summed E-state index contributed by atoms with van der Waals surface area (Å²) in [6.07, 6.45) is 1.52. The number of nitrogens with one attached hydrogen (secondary N) is 1. The van der Waals surface area contributed by atoms with Crippen LogP contribution in [0.4, 0.5) is 0 Å². The van der Waals surface area contributed by atoms with Gasteiger partial charge in [0.2, 0.25) is 0 Å². The Labute approximate surface area is 85.6 Å². The third-order valence-corrected chi connectivity index (χ3v) is 1.94. The van der Waals surface area contributed by atoms with Crippen LogP contribution in [0, 0.1) is 6.92 Å². The predicted molar refractivity (Wildman–Crippen MR) is 54.2 cm³/mol. The van der Waals surface area contributed by atoms with Gasteiger partial charge in [-0.05, 0) is 13.0 Å². The molecule has 1 heterocycles. The first-order chi connectivity index (χ1) is 6.11. The molecule has 0 spiro atoms. The van der Waals surface area contributed by atoms with Gasteiger partial charge >= 0.3 is 0 Å². The van der Waals surface area contributed by atoms with Gasteiger partial charge in [0.25, 0.3) is 5.91 Å². The predicted octanol–water partition coefficient (Wildman–Crippen LogP) is 2.10. The normalized spacial score (nSPS) is 12.5. The van der Waals surface area contributed by atoms with E-state index in [2.05, 4.69) is 21.2 Å². The Morgan fingerprint density at radius 2 is 2.46 bits per heavy atom. The van der Waals surface area contributed by atoms with Crippen LogP contribution in [-0.4, -0.2) is 17.3 Å². The maximum Gasteiger partial charge on any atom is 0.287 e. The van der Waals surface area contributed by atoms with Crippen LogP contribution in [0.5, 0.6) is 0 Å². The van der Waals surface area contributed by atoms with Crippen LogP contribution >= 0.6 is 15.9 Å². The Morgan fingerprint density at radius 3 is 2.92 bits per heavy atom. The number of aryl methyl sites for hydroxylation is 1. The number of hydrogen-bond donors (Lipinski definition) is 1. The summed E-state index contributed by atoms with van der Waals surface area (Å²) in [7, 11) is 0. The molecule has 0 saturated heterocycles. The number of carbonyl (C=O) groups is 1. The fraction of sp³-hybridized carbons (Fsp3) is 0.444. The van der Waals surface area contributed by atoms with Crippen molar-refractivity contribution >= 4 is 21.8 Å². The molecule has 1 atom stereocenters. The summed E-state index contributed by atoms with van der Waals surface area (Å²) in [5.41, 5.74) is 0.861. The van der Waals surface area contributed by atoms with Crippen LogP contribution < -0.4 is 5.32 Å². The van der Waals surface area contributed by atoms with Gasteiger partial charge in [-0.1, -0.05) is 22.9 Å². The van der Waals surface area contributed by atoms with Crippen molar-refractivity contribution < 1.29 is 9.21 Å². The maximum absolute atomic E-state index is 11.4. The first kappa shape index (κ1) is 10.3. The molecule has 72 valence electrons. The second-order valence-corrected chi connectivity index (χ2v) is 4.49. The van der Waals surface area contributed by atoms with Crippen molar-refractivity contribution in [1.82, 2.24) is 5.32 Å². The zero-order valence-electron chi connectivity index (χ0n) is 7.63. The second kappa shape index (κ2) is 4.46. The van der Waals surface area contributed by atoms with Crippen LogP contribution in [0.15, 0.2) is 16.7 Å². The lowest BCUT2D eigenvalue weighted by Crippen LogP contribution is -2.28. The van der Waals surface area contributed by atoms with E-state index in [9.17, 15) is 4.79 Å².